The van der Waals surface area contributed by atoms with E-state index in [-0.39, 0.29) is 0 Å². The van der Waals surface area contributed by atoms with Gasteiger partial charge in [0.1, 0.15) is 0 Å². The highest BCUT2D eigenvalue weighted by molar-refractivity contribution is 9.10. The summed E-state index contributed by atoms with van der Waals surface area (Å²) in [6.45, 7) is 7.74. The third-order valence-electron chi connectivity index (χ3n) is 2.90. The predicted molar refractivity (Wildman–Crippen MR) is 74.8 cm³/mol. The summed E-state index contributed by atoms with van der Waals surface area (Å²) in [4.78, 5) is 0. The molecule has 1 rings (SSSR count). The van der Waals surface area contributed by atoms with Gasteiger partial charge in [0.25, 0.3) is 0 Å². The molecule has 1 N–H and O–H groups in total. The van der Waals surface area contributed by atoms with Crippen molar-refractivity contribution in [1.29, 1.82) is 0 Å². The van der Waals surface area contributed by atoms with Gasteiger partial charge in [0.05, 0.1) is 0 Å². The Morgan fingerprint density at radius 3 is 2.62 bits per heavy atom. The van der Waals surface area contributed by atoms with Crippen LogP contribution in [-0.2, 0) is 0 Å². The maximum Gasteiger partial charge on any atom is 0.0323 e. The maximum atomic E-state index is 3.63. The Balaban J connectivity index is 2.86. The monoisotopic (exact) mass is 283 g/mol. The lowest BCUT2D eigenvalue weighted by Crippen LogP contribution is -2.22. The van der Waals surface area contributed by atoms with Gasteiger partial charge in [0, 0.05) is 10.5 Å². The summed E-state index contributed by atoms with van der Waals surface area (Å²) in [6, 6.07) is 6.98. The van der Waals surface area contributed by atoms with Gasteiger partial charge in [-0.3, -0.25) is 0 Å². The summed E-state index contributed by atoms with van der Waals surface area (Å²) < 4.78 is 1.21. The Morgan fingerprint density at radius 1 is 1.25 bits per heavy atom. The number of hydrogen-bond acceptors (Lipinski definition) is 1. The maximum absolute atomic E-state index is 3.63. The van der Waals surface area contributed by atoms with Crippen LogP contribution in [0.5, 0.6) is 0 Å². The van der Waals surface area contributed by atoms with Gasteiger partial charge in [-0.2, -0.15) is 0 Å². The Bertz CT molecular complexity index is 323. The molecule has 0 aromatic heterocycles. The lowest BCUT2D eigenvalue weighted by Gasteiger charge is -2.21. The van der Waals surface area contributed by atoms with E-state index in [1.165, 1.54) is 34.9 Å². The predicted octanol–water partition coefficient (Wildman–Crippen LogP) is 4.60. The van der Waals surface area contributed by atoms with E-state index in [0.717, 1.165) is 6.54 Å². The third kappa shape index (κ3) is 3.60. The molecule has 0 saturated carbocycles. The van der Waals surface area contributed by atoms with Crippen LogP contribution >= 0.6 is 15.9 Å². The molecule has 0 heterocycles. The molecule has 0 aliphatic heterocycles. The van der Waals surface area contributed by atoms with Crippen LogP contribution in [0.4, 0.5) is 0 Å². The van der Waals surface area contributed by atoms with Crippen molar-refractivity contribution < 1.29 is 0 Å². The van der Waals surface area contributed by atoms with Gasteiger partial charge < -0.3 is 5.32 Å². The van der Waals surface area contributed by atoms with Crippen molar-refractivity contribution in [3.8, 4) is 0 Å². The van der Waals surface area contributed by atoms with Crippen molar-refractivity contribution in [2.24, 2.45) is 0 Å². The van der Waals surface area contributed by atoms with Crippen molar-refractivity contribution in [3.05, 3.63) is 33.8 Å². The second-order valence-corrected chi connectivity index (χ2v) is 5.10. The Kier molecular flexibility index (Phi) is 6.07. The first kappa shape index (κ1) is 13.7. The summed E-state index contributed by atoms with van der Waals surface area (Å²) in [7, 11) is 0. The van der Waals surface area contributed by atoms with Gasteiger partial charge in [0.2, 0.25) is 0 Å². The molecule has 0 aliphatic carbocycles. The quantitative estimate of drug-likeness (QED) is 0.805. The molecule has 0 spiro atoms. The smallest absolute Gasteiger partial charge is 0.0323 e. The molecular formula is C14H22BrN. The van der Waals surface area contributed by atoms with E-state index < -0.39 is 0 Å². The lowest BCUT2D eigenvalue weighted by atomic mass is 9.97. The largest absolute Gasteiger partial charge is 0.310 e. The number of benzene rings is 1. The van der Waals surface area contributed by atoms with Crippen LogP contribution in [0.15, 0.2) is 22.7 Å². The summed E-state index contributed by atoms with van der Waals surface area (Å²) in [5.41, 5.74) is 2.80. The normalized spacial score (nSPS) is 12.8. The molecule has 1 aromatic carbocycles. The van der Waals surface area contributed by atoms with Gasteiger partial charge in [-0.05, 0) is 43.5 Å². The van der Waals surface area contributed by atoms with Gasteiger partial charge >= 0.3 is 0 Å². The highest BCUT2D eigenvalue weighted by Crippen LogP contribution is 2.27. The Labute approximate surface area is 108 Å². The molecule has 1 nitrogen and oxygen atoms in total. The van der Waals surface area contributed by atoms with Crippen LogP contribution in [0.2, 0.25) is 0 Å². The molecule has 1 atom stereocenters. The zero-order valence-electron chi connectivity index (χ0n) is 10.5. The van der Waals surface area contributed by atoms with E-state index in [2.05, 4.69) is 60.2 Å². The van der Waals surface area contributed by atoms with E-state index in [4.69, 9.17) is 0 Å². The minimum Gasteiger partial charge on any atom is -0.310 e. The van der Waals surface area contributed by atoms with Crippen LogP contribution < -0.4 is 5.32 Å². The zero-order valence-corrected chi connectivity index (χ0v) is 12.1. The Morgan fingerprint density at radius 2 is 2.00 bits per heavy atom. The first-order valence-corrected chi connectivity index (χ1v) is 6.98. The molecule has 0 bridgehead atoms. The second-order valence-electron chi connectivity index (χ2n) is 4.25. The van der Waals surface area contributed by atoms with Crippen molar-refractivity contribution in [1.82, 2.24) is 5.32 Å². The van der Waals surface area contributed by atoms with E-state index in [9.17, 15) is 0 Å². The molecule has 0 saturated heterocycles. The summed E-state index contributed by atoms with van der Waals surface area (Å²) in [6.07, 6.45) is 3.61. The van der Waals surface area contributed by atoms with Crippen molar-refractivity contribution >= 4 is 15.9 Å². The minimum atomic E-state index is 0.502. The van der Waals surface area contributed by atoms with Gasteiger partial charge in [-0.25, -0.2) is 0 Å². The topological polar surface area (TPSA) is 12.0 Å². The Hall–Kier alpha value is -0.340. The van der Waals surface area contributed by atoms with Gasteiger partial charge in [0.15, 0.2) is 0 Å². The fourth-order valence-electron chi connectivity index (χ4n) is 1.98. The number of nitrogens with one attached hydrogen (secondary N) is 1. The van der Waals surface area contributed by atoms with Crippen LogP contribution in [-0.4, -0.2) is 6.54 Å². The van der Waals surface area contributed by atoms with Crippen molar-refractivity contribution in [2.75, 3.05) is 6.54 Å². The van der Waals surface area contributed by atoms with E-state index in [0.29, 0.717) is 6.04 Å². The average Bonchev–Trinajstić information content (AvgIpc) is 2.28. The highest BCUT2D eigenvalue weighted by atomic mass is 79.9. The number of hydrogen-bond donors (Lipinski definition) is 1. The molecule has 0 fully saturated rings. The third-order valence-corrected chi connectivity index (χ3v) is 3.76. The molecule has 1 unspecified atom stereocenters. The van der Waals surface area contributed by atoms with E-state index in [1.807, 2.05) is 0 Å². The molecule has 2 heteroatoms. The SMILES string of the molecule is CCCNC(CCC)c1cccc(Br)c1C. The average molecular weight is 284 g/mol. The lowest BCUT2D eigenvalue weighted by molar-refractivity contribution is 0.492. The fraction of sp³-hybridized carbons (Fsp3) is 0.571. The molecular weight excluding hydrogens is 262 g/mol. The summed E-state index contributed by atoms with van der Waals surface area (Å²) >= 11 is 3.61. The van der Waals surface area contributed by atoms with Crippen LogP contribution in [0.3, 0.4) is 0 Å². The van der Waals surface area contributed by atoms with E-state index >= 15 is 0 Å². The number of rotatable bonds is 6. The van der Waals surface area contributed by atoms with Gasteiger partial charge in [-0.1, -0.05) is 48.3 Å². The molecule has 0 radical (unpaired) electrons. The van der Waals surface area contributed by atoms with Gasteiger partial charge in [-0.15, -0.1) is 0 Å². The standard InChI is InChI=1S/C14H22BrN/c1-4-7-14(16-10-5-2)12-8-6-9-13(15)11(12)3/h6,8-9,14,16H,4-5,7,10H2,1-3H3. The van der Waals surface area contributed by atoms with Crippen LogP contribution in [0.1, 0.15) is 50.3 Å². The molecule has 0 amide bonds. The summed E-state index contributed by atoms with van der Waals surface area (Å²) in [5.74, 6) is 0. The van der Waals surface area contributed by atoms with Crippen LogP contribution in [0.25, 0.3) is 0 Å². The van der Waals surface area contributed by atoms with Crippen molar-refractivity contribution in [3.63, 3.8) is 0 Å². The first-order chi connectivity index (χ1) is 7.70. The fourth-order valence-corrected chi connectivity index (χ4v) is 2.36. The zero-order chi connectivity index (χ0) is 12.0. The molecule has 1 aromatic rings. The summed E-state index contributed by atoms with van der Waals surface area (Å²) in [5, 5.41) is 3.63. The minimum absolute atomic E-state index is 0.502. The molecule has 0 aliphatic rings. The molecule has 16 heavy (non-hydrogen) atoms. The molecule has 90 valence electrons. The second kappa shape index (κ2) is 7.08. The number of halogens is 1. The van der Waals surface area contributed by atoms with Crippen molar-refractivity contribution in [2.45, 2.75) is 46.1 Å². The first-order valence-electron chi connectivity index (χ1n) is 6.19. The highest BCUT2D eigenvalue weighted by Gasteiger charge is 2.12. The van der Waals surface area contributed by atoms with Crippen LogP contribution in [0, 0.1) is 6.92 Å². The van der Waals surface area contributed by atoms with E-state index in [1.54, 1.807) is 0 Å².